The molecule has 8 aromatic rings. The molecular weight excluding hydrogens is 1090 g/mol. The van der Waals surface area contributed by atoms with Gasteiger partial charge in [-0.3, -0.25) is 0 Å². The number of thiazole rings is 2. The third-order valence-electron chi connectivity index (χ3n) is 15.4. The fourth-order valence-corrected chi connectivity index (χ4v) is 15.8. The molecule has 0 saturated carbocycles. The van der Waals surface area contributed by atoms with Crippen LogP contribution in [0.3, 0.4) is 0 Å². The minimum atomic E-state index is -1.74. The van der Waals surface area contributed by atoms with Gasteiger partial charge in [0, 0.05) is 82.6 Å². The molecule has 2 fully saturated rings. The Labute approximate surface area is 477 Å². The van der Waals surface area contributed by atoms with E-state index in [9.17, 15) is 14.6 Å². The largest absolute Gasteiger partial charge is 0.381 e. The van der Waals surface area contributed by atoms with Crippen LogP contribution in [0.4, 0.5) is 20.2 Å². The van der Waals surface area contributed by atoms with E-state index in [1.165, 1.54) is 52.9 Å². The maximum absolute atomic E-state index is 15.4. The van der Waals surface area contributed by atoms with Gasteiger partial charge in [-0.05, 0) is 126 Å². The number of hydrogen-bond acceptors (Lipinski definition) is 14. The zero-order valence-corrected chi connectivity index (χ0v) is 50.0. The molecule has 12 nitrogen and oxygen atoms in total. The number of aliphatic hydroxyl groups excluding tert-OH is 2. The van der Waals surface area contributed by atoms with Crippen LogP contribution in [0, 0.1) is 35.1 Å². The molecule has 412 valence electrons. The van der Waals surface area contributed by atoms with E-state index in [2.05, 4.69) is 88.3 Å². The summed E-state index contributed by atoms with van der Waals surface area (Å²) in [7, 11) is -2.91. The molecule has 0 bridgehead atoms. The number of ether oxygens (including phenoxy) is 2. The molecule has 10 rings (SSSR count). The van der Waals surface area contributed by atoms with Gasteiger partial charge in [-0.1, -0.05) is 53.7 Å². The van der Waals surface area contributed by atoms with Gasteiger partial charge in [0.15, 0.2) is 0 Å². The molecule has 0 aliphatic carbocycles. The predicted octanol–water partition coefficient (Wildman–Crippen LogP) is 13.3. The first-order valence-electron chi connectivity index (χ1n) is 27.0. The van der Waals surface area contributed by atoms with E-state index in [0.717, 1.165) is 66.6 Å². The van der Waals surface area contributed by atoms with Crippen LogP contribution in [0.1, 0.15) is 80.7 Å². The van der Waals surface area contributed by atoms with Crippen LogP contribution in [-0.2, 0) is 9.47 Å². The average molecular weight is 1160 g/mol. The highest BCUT2D eigenvalue weighted by molar-refractivity contribution is 7.09. The predicted molar refractivity (Wildman–Crippen MR) is 323 cm³/mol. The minimum absolute atomic E-state index is 0.0342. The Morgan fingerprint density at radius 3 is 1.46 bits per heavy atom. The molecule has 2 aliphatic rings. The molecule has 19 heteroatoms. The van der Waals surface area contributed by atoms with Gasteiger partial charge in [0.2, 0.25) is 11.1 Å². The molecule has 4 aromatic heterocycles. The maximum atomic E-state index is 15.4. The first-order chi connectivity index (χ1) is 38.3. The van der Waals surface area contributed by atoms with E-state index in [4.69, 9.17) is 37.5 Å². The number of aromatic nitrogens is 6. The number of rotatable bonds is 14. The number of hydrogen-bond donors (Lipinski definition) is 2. The van der Waals surface area contributed by atoms with Crippen molar-refractivity contribution < 1.29 is 28.5 Å². The molecule has 2 aliphatic heterocycles. The lowest BCUT2D eigenvalue weighted by atomic mass is 10.0. The van der Waals surface area contributed by atoms with Gasteiger partial charge in [0.25, 0.3) is 0 Å². The van der Waals surface area contributed by atoms with Crippen molar-refractivity contribution in [1.29, 1.82) is 0 Å². The molecule has 4 aromatic carbocycles. The highest BCUT2D eigenvalue weighted by Gasteiger charge is 2.26. The summed E-state index contributed by atoms with van der Waals surface area (Å²) >= 11 is 8.91. The summed E-state index contributed by atoms with van der Waals surface area (Å²) in [5.74, 6) is 2.82. The smallest absolute Gasteiger partial charge is 0.223 e. The van der Waals surface area contributed by atoms with E-state index < -0.39 is 40.0 Å². The van der Waals surface area contributed by atoms with Crippen molar-refractivity contribution in [2.24, 2.45) is 0 Å². The van der Waals surface area contributed by atoms with Crippen molar-refractivity contribution in [1.82, 2.24) is 29.9 Å². The highest BCUT2D eigenvalue weighted by Crippen LogP contribution is 2.37. The van der Waals surface area contributed by atoms with Crippen molar-refractivity contribution in [2.45, 2.75) is 90.0 Å². The first kappa shape index (κ1) is 59.1. The summed E-state index contributed by atoms with van der Waals surface area (Å²) in [6.45, 7) is 19.2. The van der Waals surface area contributed by atoms with Crippen molar-refractivity contribution in [3.63, 3.8) is 0 Å². The number of anilines is 2. The first-order valence-corrected chi connectivity index (χ1v) is 34.4. The maximum Gasteiger partial charge on any atom is 0.223 e. The van der Waals surface area contributed by atoms with Crippen molar-refractivity contribution in [3.8, 4) is 45.9 Å². The van der Waals surface area contributed by atoms with Crippen molar-refractivity contribution in [3.05, 3.63) is 140 Å². The molecule has 2 N–H and O–H groups in total. The van der Waals surface area contributed by atoms with Crippen LogP contribution in [0.2, 0.25) is 41.5 Å². The summed E-state index contributed by atoms with van der Waals surface area (Å²) in [5, 5.41) is 27.7. The zero-order chi connectivity index (χ0) is 56.1. The fourth-order valence-electron chi connectivity index (χ4n) is 9.78. The molecular formula is C60H67ClF2N8O4S2Si2. The molecule has 79 heavy (non-hydrogen) atoms. The van der Waals surface area contributed by atoms with Gasteiger partial charge >= 0.3 is 0 Å². The second kappa shape index (κ2) is 27.4. The summed E-state index contributed by atoms with van der Waals surface area (Å²) in [6, 6.07) is 27.9. The Morgan fingerprint density at radius 2 is 1.05 bits per heavy atom. The lowest BCUT2D eigenvalue weighted by Gasteiger charge is -2.29. The van der Waals surface area contributed by atoms with Crippen molar-refractivity contribution >= 4 is 83.6 Å². The number of nitrogens with zero attached hydrogens (tertiary/aromatic N) is 8. The number of benzene rings is 4. The van der Waals surface area contributed by atoms with Gasteiger partial charge in [-0.2, -0.15) is 0 Å². The van der Waals surface area contributed by atoms with Crippen LogP contribution in [0.15, 0.2) is 96.0 Å². The van der Waals surface area contributed by atoms with E-state index in [1.807, 2.05) is 41.8 Å². The van der Waals surface area contributed by atoms with Crippen LogP contribution in [0.5, 0.6) is 0 Å². The normalized spacial score (nSPS) is 14.6. The third kappa shape index (κ3) is 13.9. The quantitative estimate of drug-likeness (QED) is 0.0608. The van der Waals surface area contributed by atoms with Crippen molar-refractivity contribution in [2.75, 3.05) is 62.4 Å². The molecule has 2 unspecified atom stereocenters. The number of halogens is 3. The van der Waals surface area contributed by atoms with Gasteiger partial charge in [0.1, 0.15) is 50.0 Å². The van der Waals surface area contributed by atoms with E-state index in [0.29, 0.717) is 81.2 Å². The Morgan fingerprint density at radius 1 is 0.608 bits per heavy atom. The SMILES string of the molecule is C#C[Si](CC)(CC)CC.CC[Si](C#Cc1nc(-c2cc(C(O)c3nccs3)ccc2F)c2ccc(N3CCOCC3)cc2n1)(CC)CC.OC(c1ccc(F)c(-c2nc(Cl)nc3cc(N4CCOCC4)ccc23)c1)c1nccs1. The molecule has 6 heterocycles. The minimum Gasteiger partial charge on any atom is -0.381 e. The Kier molecular flexibility index (Phi) is 20.5. The number of aliphatic hydroxyl groups is 2. The highest BCUT2D eigenvalue weighted by atomic mass is 35.5. The summed E-state index contributed by atoms with van der Waals surface area (Å²) < 4.78 is 41.2. The van der Waals surface area contributed by atoms with Gasteiger partial charge < -0.3 is 29.5 Å². The van der Waals surface area contributed by atoms with Gasteiger partial charge in [-0.15, -0.1) is 40.2 Å². The topological polar surface area (TPSA) is 143 Å². The van der Waals surface area contributed by atoms with E-state index in [-0.39, 0.29) is 10.8 Å². The summed E-state index contributed by atoms with van der Waals surface area (Å²) in [6.07, 6.45) is 6.82. The van der Waals surface area contributed by atoms with E-state index >= 15 is 4.39 Å². The zero-order valence-electron chi connectivity index (χ0n) is 45.6. The Bertz CT molecular complexity index is 3420. The number of fused-ring (bicyclic) bond motifs is 2. The Hall–Kier alpha value is -6.04. The number of morpholine rings is 2. The van der Waals surface area contributed by atoms with Crippen LogP contribution < -0.4 is 9.80 Å². The third-order valence-corrected chi connectivity index (χ3v) is 26.6. The molecule has 0 radical (unpaired) electrons. The lowest BCUT2D eigenvalue weighted by molar-refractivity contribution is 0.122. The van der Waals surface area contributed by atoms with Crippen LogP contribution >= 0.6 is 34.3 Å². The second-order valence-electron chi connectivity index (χ2n) is 19.4. The van der Waals surface area contributed by atoms with Gasteiger partial charge in [0.05, 0.1) is 48.8 Å². The Balaban J connectivity index is 0.000000183. The lowest BCUT2D eigenvalue weighted by Crippen LogP contribution is -2.36. The van der Waals surface area contributed by atoms with Crippen LogP contribution in [-0.4, -0.2) is 109 Å². The molecule has 2 atom stereocenters. The van der Waals surface area contributed by atoms with Gasteiger partial charge in [-0.25, -0.2) is 38.7 Å². The summed E-state index contributed by atoms with van der Waals surface area (Å²) in [5.41, 5.74) is 12.5. The second-order valence-corrected chi connectivity index (χ2v) is 31.5. The average Bonchev–Trinajstić information content (AvgIpc) is 4.39. The van der Waals surface area contributed by atoms with E-state index in [1.54, 1.807) is 42.0 Å². The summed E-state index contributed by atoms with van der Waals surface area (Å²) in [4.78, 5) is 31.2. The monoisotopic (exact) mass is 1160 g/mol. The molecule has 0 spiro atoms. The molecule has 0 amide bonds. The molecule has 2 saturated heterocycles. The fraction of sp³-hybridized carbons (Fsp3) is 0.367. The number of terminal acetylenes is 1. The standard InChI is InChI=1S/C30H33FN4O2SSi.C22H18ClFN4O2S.C8H16Si/c1-4-39(5-2,6-3)18-11-27-33-26-20-22(35-13-15-37-16-14-35)8-9-23(26)28(34-27)24-19-21(7-10-25(24)31)29(36)30-32-12-17-38-30;23-22-26-18-12-14(28-6-8-30-9-7-28)2-3-15(18)19(27-22)16-11-13(1-4-17(16)24)20(29)21-25-5-10-31-21;1-5-9(6-2,7-3)8-4/h7-10,12,17,19-20,29,36H,4-6,13-16H2,1-3H3;1-5,10-12,20,29H,6-9H2;1H,6-8H2,2-4H3. The van der Waals surface area contributed by atoms with Crippen LogP contribution in [0.25, 0.3) is 44.3 Å².